The summed E-state index contributed by atoms with van der Waals surface area (Å²) in [7, 11) is 1.84. The number of halogens is 2. The van der Waals surface area contributed by atoms with E-state index in [1.807, 2.05) is 37.6 Å². The number of nitrogens with one attached hydrogen (secondary N) is 1. The van der Waals surface area contributed by atoms with Gasteiger partial charge in [0.05, 0.1) is 16.8 Å². The lowest BCUT2D eigenvalue weighted by Gasteiger charge is -2.11. The van der Waals surface area contributed by atoms with Crippen LogP contribution in [0.2, 0.25) is 0 Å². The van der Waals surface area contributed by atoms with Gasteiger partial charge in [-0.05, 0) is 66.6 Å². The fourth-order valence-corrected chi connectivity index (χ4v) is 4.48. The first-order chi connectivity index (χ1) is 16.5. The van der Waals surface area contributed by atoms with Crippen LogP contribution in [0.3, 0.4) is 0 Å². The maximum Gasteiger partial charge on any atom is 0.387 e. The number of ether oxygens (including phenoxy) is 1. The molecule has 2 aromatic carbocycles. The van der Waals surface area contributed by atoms with Crippen molar-refractivity contribution in [1.29, 1.82) is 0 Å². The predicted molar refractivity (Wildman–Crippen MR) is 124 cm³/mol. The van der Waals surface area contributed by atoms with Crippen molar-refractivity contribution in [2.75, 3.05) is 0 Å². The molecular formula is C25H21F2N5O2. The van der Waals surface area contributed by atoms with E-state index < -0.39 is 6.61 Å². The molecule has 1 fully saturated rings. The molecule has 34 heavy (non-hydrogen) atoms. The molecular weight excluding hydrogens is 440 g/mol. The number of aromatic nitrogens is 5. The van der Waals surface area contributed by atoms with Crippen LogP contribution < -0.4 is 10.3 Å². The fourth-order valence-electron chi connectivity index (χ4n) is 4.48. The molecule has 0 bridgehead atoms. The normalized spacial score (nSPS) is 13.9. The number of aryl methyl sites for hydroxylation is 1. The molecule has 0 unspecified atom stereocenters. The monoisotopic (exact) mass is 461 g/mol. The van der Waals surface area contributed by atoms with E-state index in [0.717, 1.165) is 28.3 Å². The summed E-state index contributed by atoms with van der Waals surface area (Å²) in [4.78, 5) is 17.1. The van der Waals surface area contributed by atoms with E-state index in [1.165, 1.54) is 29.7 Å². The van der Waals surface area contributed by atoms with Gasteiger partial charge in [-0.15, -0.1) is 5.10 Å². The number of alkyl halides is 2. The number of hydrogen-bond donors (Lipinski definition) is 1. The van der Waals surface area contributed by atoms with Crippen LogP contribution in [0, 0.1) is 5.92 Å². The molecule has 1 saturated carbocycles. The van der Waals surface area contributed by atoms with Gasteiger partial charge in [-0.2, -0.15) is 18.6 Å². The quantitative estimate of drug-likeness (QED) is 0.393. The molecule has 172 valence electrons. The summed E-state index contributed by atoms with van der Waals surface area (Å²) >= 11 is 0. The fraction of sp³-hybridized carbons (Fsp3) is 0.240. The first-order valence-corrected chi connectivity index (χ1v) is 11.1. The number of hydrogen-bond acceptors (Lipinski definition) is 4. The van der Waals surface area contributed by atoms with E-state index in [1.54, 1.807) is 16.8 Å². The van der Waals surface area contributed by atoms with E-state index in [2.05, 4.69) is 19.9 Å². The summed E-state index contributed by atoms with van der Waals surface area (Å²) in [6, 6.07) is 11.7. The average molecular weight is 461 g/mol. The highest BCUT2D eigenvalue weighted by Gasteiger charge is 2.26. The van der Waals surface area contributed by atoms with Crippen LogP contribution >= 0.6 is 0 Å². The third kappa shape index (κ3) is 3.63. The van der Waals surface area contributed by atoms with Gasteiger partial charge < -0.3 is 9.72 Å². The van der Waals surface area contributed by atoms with Crippen LogP contribution in [0.15, 0.2) is 59.7 Å². The van der Waals surface area contributed by atoms with Crippen molar-refractivity contribution in [3.63, 3.8) is 0 Å². The lowest BCUT2D eigenvalue weighted by molar-refractivity contribution is -0.0498. The largest absolute Gasteiger partial charge is 0.435 e. The van der Waals surface area contributed by atoms with Crippen molar-refractivity contribution >= 4 is 21.9 Å². The Morgan fingerprint density at radius 2 is 1.94 bits per heavy atom. The molecule has 9 heteroatoms. The number of H-pyrrole nitrogens is 1. The molecule has 0 radical (unpaired) electrons. The standard InChI is InChI=1S/C25H21F2N5O2/c1-31-13-17-11-18(6-9-20(17)29-31)32-24(33)22(15-4-7-19(8-5-15)34-25(26)27)21-16(10-14-2-3-14)12-28-23(21)30-32/h4-9,11-14,25H,2-3,10H2,1H3,(H,28,30). The van der Waals surface area contributed by atoms with Gasteiger partial charge in [-0.3, -0.25) is 9.48 Å². The maximum atomic E-state index is 13.9. The van der Waals surface area contributed by atoms with Crippen molar-refractivity contribution in [1.82, 2.24) is 24.5 Å². The summed E-state index contributed by atoms with van der Waals surface area (Å²) in [5.41, 5.74) is 3.90. The SMILES string of the molecule is Cn1cc2cc(-n3nc4[nH]cc(CC5CC5)c4c(-c4ccc(OC(F)F)cc4)c3=O)ccc2n1. The minimum Gasteiger partial charge on any atom is -0.435 e. The Kier molecular flexibility index (Phi) is 4.72. The first-order valence-electron chi connectivity index (χ1n) is 11.1. The zero-order chi connectivity index (χ0) is 23.4. The molecule has 0 amide bonds. The lowest BCUT2D eigenvalue weighted by Crippen LogP contribution is -2.23. The molecule has 3 aromatic heterocycles. The number of fused-ring (bicyclic) bond motifs is 2. The minimum atomic E-state index is -2.91. The Bertz CT molecular complexity index is 1580. The Labute approximate surface area is 192 Å². The highest BCUT2D eigenvalue weighted by molar-refractivity contribution is 5.95. The smallest absolute Gasteiger partial charge is 0.387 e. The summed E-state index contributed by atoms with van der Waals surface area (Å²) < 4.78 is 32.8. The zero-order valence-corrected chi connectivity index (χ0v) is 18.3. The van der Waals surface area contributed by atoms with Gasteiger partial charge >= 0.3 is 6.61 Å². The molecule has 7 nitrogen and oxygen atoms in total. The van der Waals surface area contributed by atoms with Crippen LogP contribution in [-0.2, 0) is 13.5 Å². The van der Waals surface area contributed by atoms with Gasteiger partial charge in [-0.1, -0.05) is 12.1 Å². The van der Waals surface area contributed by atoms with E-state index in [0.29, 0.717) is 28.4 Å². The Morgan fingerprint density at radius 1 is 1.15 bits per heavy atom. The van der Waals surface area contributed by atoms with E-state index in [4.69, 9.17) is 0 Å². The van der Waals surface area contributed by atoms with Gasteiger partial charge in [0.15, 0.2) is 5.65 Å². The van der Waals surface area contributed by atoms with Gasteiger partial charge in [0.2, 0.25) is 0 Å². The molecule has 5 aromatic rings. The van der Waals surface area contributed by atoms with E-state index in [-0.39, 0.29) is 11.3 Å². The second-order valence-electron chi connectivity index (χ2n) is 8.73. The molecule has 6 rings (SSSR count). The molecule has 1 aliphatic rings. The summed E-state index contributed by atoms with van der Waals surface area (Å²) in [5, 5.41) is 10.7. The van der Waals surface area contributed by atoms with Crippen molar-refractivity contribution in [2.45, 2.75) is 25.9 Å². The summed E-state index contributed by atoms with van der Waals surface area (Å²) in [6.07, 6.45) is 7.02. The number of benzene rings is 2. The molecule has 0 atom stereocenters. The Morgan fingerprint density at radius 3 is 2.68 bits per heavy atom. The predicted octanol–water partition coefficient (Wildman–Crippen LogP) is 4.82. The Hall–Kier alpha value is -4.01. The average Bonchev–Trinajstić information content (AvgIpc) is 3.42. The molecule has 0 aliphatic heterocycles. The topological polar surface area (TPSA) is 77.7 Å². The molecule has 1 N–H and O–H groups in total. The number of nitrogens with zero attached hydrogens (tertiary/aromatic N) is 4. The molecule has 1 aliphatic carbocycles. The van der Waals surface area contributed by atoms with Gasteiger partial charge in [0.1, 0.15) is 5.75 Å². The van der Waals surface area contributed by atoms with Crippen LogP contribution in [0.4, 0.5) is 8.78 Å². The number of aromatic amines is 1. The van der Waals surface area contributed by atoms with Crippen molar-refractivity contribution < 1.29 is 13.5 Å². The highest BCUT2D eigenvalue weighted by Crippen LogP contribution is 2.37. The minimum absolute atomic E-state index is 0.0404. The zero-order valence-electron chi connectivity index (χ0n) is 18.3. The summed E-state index contributed by atoms with van der Waals surface area (Å²) in [6.45, 7) is -2.91. The van der Waals surface area contributed by atoms with Crippen LogP contribution in [0.25, 0.3) is 38.8 Å². The number of rotatable bonds is 6. The van der Waals surface area contributed by atoms with Gasteiger partial charge in [-0.25, -0.2) is 0 Å². The maximum absolute atomic E-state index is 13.9. The third-order valence-corrected chi connectivity index (χ3v) is 6.22. The van der Waals surface area contributed by atoms with Crippen molar-refractivity contribution in [2.24, 2.45) is 13.0 Å². The summed E-state index contributed by atoms with van der Waals surface area (Å²) in [5.74, 6) is 0.655. The van der Waals surface area contributed by atoms with E-state index in [9.17, 15) is 13.6 Å². The second-order valence-corrected chi connectivity index (χ2v) is 8.73. The lowest BCUT2D eigenvalue weighted by atomic mass is 9.99. The van der Waals surface area contributed by atoms with Crippen molar-refractivity contribution in [3.05, 3.63) is 70.8 Å². The van der Waals surface area contributed by atoms with Gasteiger partial charge in [0, 0.05) is 30.2 Å². The molecule has 0 saturated heterocycles. The first kappa shape index (κ1) is 20.6. The van der Waals surface area contributed by atoms with Crippen LogP contribution in [0.1, 0.15) is 18.4 Å². The highest BCUT2D eigenvalue weighted by atomic mass is 19.3. The van der Waals surface area contributed by atoms with Crippen LogP contribution in [-0.4, -0.2) is 31.2 Å². The van der Waals surface area contributed by atoms with E-state index >= 15 is 0 Å². The van der Waals surface area contributed by atoms with Gasteiger partial charge in [0.25, 0.3) is 5.56 Å². The van der Waals surface area contributed by atoms with Crippen LogP contribution in [0.5, 0.6) is 5.75 Å². The second kappa shape index (κ2) is 7.79. The third-order valence-electron chi connectivity index (χ3n) is 6.22. The Balaban J connectivity index is 1.56. The molecule has 3 heterocycles. The molecule has 0 spiro atoms. The van der Waals surface area contributed by atoms with Crippen molar-refractivity contribution in [3.8, 4) is 22.6 Å².